The summed E-state index contributed by atoms with van der Waals surface area (Å²) in [6, 6.07) is 3.07. The van der Waals surface area contributed by atoms with E-state index in [1.807, 2.05) is 6.92 Å². The Morgan fingerprint density at radius 3 is 2.60 bits per heavy atom. The molecule has 1 aromatic carbocycles. The number of carboxylic acid groups (broad SMARTS) is 1. The van der Waals surface area contributed by atoms with Crippen LogP contribution in [0.4, 0.5) is 13.2 Å². The highest BCUT2D eigenvalue weighted by atomic mass is 35.5. The quantitative estimate of drug-likeness (QED) is 0.906. The summed E-state index contributed by atoms with van der Waals surface area (Å²) in [4.78, 5) is 11.0. The molecule has 1 aromatic rings. The lowest BCUT2D eigenvalue weighted by Crippen LogP contribution is -2.40. The summed E-state index contributed by atoms with van der Waals surface area (Å²) in [6.07, 6.45) is -5.76. The maximum absolute atomic E-state index is 12.9. The van der Waals surface area contributed by atoms with E-state index in [1.165, 1.54) is 6.07 Å². The Bertz CT molecular complexity index is 593. The van der Waals surface area contributed by atoms with Crippen molar-refractivity contribution < 1.29 is 27.8 Å². The van der Waals surface area contributed by atoms with E-state index in [0.29, 0.717) is 6.42 Å². The lowest BCUT2D eigenvalue weighted by atomic mass is 9.99. The van der Waals surface area contributed by atoms with Gasteiger partial charge in [0.1, 0.15) is 5.75 Å². The van der Waals surface area contributed by atoms with Gasteiger partial charge in [-0.3, -0.25) is 0 Å². The molecule has 1 heterocycles. The van der Waals surface area contributed by atoms with Gasteiger partial charge in [-0.25, -0.2) is 4.79 Å². The Hall–Kier alpha value is -1.69. The van der Waals surface area contributed by atoms with Crippen molar-refractivity contribution in [2.24, 2.45) is 0 Å². The molecule has 1 aliphatic rings. The number of carbonyl (C=O) groups is 1. The summed E-state index contributed by atoms with van der Waals surface area (Å²) in [5.41, 5.74) is 0.172. The second-order valence-corrected chi connectivity index (χ2v) is 4.70. The first-order chi connectivity index (χ1) is 9.24. The molecule has 0 saturated carbocycles. The van der Waals surface area contributed by atoms with E-state index in [9.17, 15) is 18.0 Å². The van der Waals surface area contributed by atoms with Crippen LogP contribution in [-0.2, 0) is 11.2 Å². The Morgan fingerprint density at radius 2 is 2.10 bits per heavy atom. The van der Waals surface area contributed by atoms with E-state index in [1.54, 1.807) is 6.07 Å². The Labute approximate surface area is 117 Å². The van der Waals surface area contributed by atoms with Gasteiger partial charge in [-0.05, 0) is 30.2 Å². The van der Waals surface area contributed by atoms with Crippen molar-refractivity contribution in [1.29, 1.82) is 0 Å². The molecule has 0 bridgehead atoms. The zero-order valence-electron chi connectivity index (χ0n) is 10.3. The van der Waals surface area contributed by atoms with Gasteiger partial charge < -0.3 is 9.84 Å². The fourth-order valence-corrected chi connectivity index (χ4v) is 2.24. The zero-order valence-corrected chi connectivity index (χ0v) is 11.0. The molecule has 0 saturated heterocycles. The van der Waals surface area contributed by atoms with E-state index < -0.39 is 23.8 Å². The molecule has 0 fully saturated rings. The summed E-state index contributed by atoms with van der Waals surface area (Å²) in [5.74, 6) is -1.81. The minimum absolute atomic E-state index is 0.0364. The highest BCUT2D eigenvalue weighted by Gasteiger charge is 2.48. The van der Waals surface area contributed by atoms with Crippen LogP contribution in [0.15, 0.2) is 17.7 Å². The van der Waals surface area contributed by atoms with Gasteiger partial charge in [0.25, 0.3) is 0 Å². The van der Waals surface area contributed by atoms with Gasteiger partial charge >= 0.3 is 12.1 Å². The molecule has 108 valence electrons. The van der Waals surface area contributed by atoms with Crippen LogP contribution in [0.25, 0.3) is 6.08 Å². The number of carboxylic acids is 1. The standard InChI is InChI=1S/C13H10ClF3O3/c1-2-6-3-7-5-8(12(18)19)11(13(15,16)17)20-10(7)9(14)4-6/h3-5,11H,2H2,1H3,(H,18,19). The molecule has 3 nitrogen and oxygen atoms in total. The van der Waals surface area contributed by atoms with Gasteiger partial charge in [-0.15, -0.1) is 0 Å². The van der Waals surface area contributed by atoms with Crippen molar-refractivity contribution in [1.82, 2.24) is 0 Å². The smallest absolute Gasteiger partial charge is 0.430 e. The molecule has 1 unspecified atom stereocenters. The van der Waals surface area contributed by atoms with Gasteiger partial charge in [0.2, 0.25) is 6.10 Å². The summed E-state index contributed by atoms with van der Waals surface area (Å²) >= 11 is 5.90. The van der Waals surface area contributed by atoms with Gasteiger partial charge in [0.15, 0.2) is 0 Å². The first-order valence-corrected chi connectivity index (χ1v) is 6.12. The van der Waals surface area contributed by atoms with Crippen LogP contribution >= 0.6 is 11.6 Å². The largest absolute Gasteiger partial charge is 0.478 e. The number of fused-ring (bicyclic) bond motifs is 1. The average Bonchev–Trinajstić information content (AvgIpc) is 2.35. The van der Waals surface area contributed by atoms with Crippen LogP contribution in [0, 0.1) is 0 Å². The maximum atomic E-state index is 12.9. The Kier molecular flexibility index (Phi) is 3.69. The highest BCUT2D eigenvalue weighted by molar-refractivity contribution is 6.32. The lowest BCUT2D eigenvalue weighted by Gasteiger charge is -2.27. The molecule has 0 amide bonds. The van der Waals surface area contributed by atoms with Crippen LogP contribution in [-0.4, -0.2) is 23.4 Å². The van der Waals surface area contributed by atoms with Crippen LogP contribution < -0.4 is 4.74 Å². The number of aryl methyl sites for hydroxylation is 1. The predicted octanol–water partition coefficient (Wildman–Crippen LogP) is 3.69. The fraction of sp³-hybridized carbons (Fsp3) is 0.308. The molecule has 20 heavy (non-hydrogen) atoms. The van der Waals surface area contributed by atoms with E-state index >= 15 is 0 Å². The number of ether oxygens (including phenoxy) is 1. The monoisotopic (exact) mass is 306 g/mol. The summed E-state index contributed by atoms with van der Waals surface area (Å²) in [6.45, 7) is 1.85. The fourth-order valence-electron chi connectivity index (χ4n) is 1.95. The van der Waals surface area contributed by atoms with Gasteiger partial charge in [0.05, 0.1) is 10.6 Å². The van der Waals surface area contributed by atoms with Crippen molar-refractivity contribution >= 4 is 23.6 Å². The van der Waals surface area contributed by atoms with Crippen LogP contribution in [0.3, 0.4) is 0 Å². The Balaban J connectivity index is 2.60. The van der Waals surface area contributed by atoms with Crippen LogP contribution in [0.1, 0.15) is 18.1 Å². The van der Waals surface area contributed by atoms with Crippen molar-refractivity contribution in [3.63, 3.8) is 0 Å². The number of aliphatic carboxylic acids is 1. The minimum Gasteiger partial charge on any atom is -0.478 e. The topological polar surface area (TPSA) is 46.5 Å². The molecule has 2 rings (SSSR count). The highest BCUT2D eigenvalue weighted by Crippen LogP contribution is 2.41. The maximum Gasteiger partial charge on any atom is 0.430 e. The zero-order chi connectivity index (χ0) is 15.1. The van der Waals surface area contributed by atoms with Crippen molar-refractivity contribution in [3.8, 4) is 5.75 Å². The predicted molar refractivity (Wildman–Crippen MR) is 66.9 cm³/mol. The molecular weight excluding hydrogens is 297 g/mol. The molecule has 1 aliphatic heterocycles. The third kappa shape index (κ3) is 2.60. The van der Waals surface area contributed by atoms with E-state index in [0.717, 1.165) is 11.6 Å². The normalized spacial score (nSPS) is 18.1. The lowest BCUT2D eigenvalue weighted by molar-refractivity contribution is -0.187. The number of halogens is 4. The molecule has 7 heteroatoms. The molecule has 1 N–H and O–H groups in total. The second-order valence-electron chi connectivity index (χ2n) is 4.29. The van der Waals surface area contributed by atoms with Gasteiger partial charge in [-0.1, -0.05) is 18.5 Å². The van der Waals surface area contributed by atoms with Crippen molar-refractivity contribution in [3.05, 3.63) is 33.9 Å². The van der Waals surface area contributed by atoms with E-state index in [4.69, 9.17) is 21.4 Å². The average molecular weight is 307 g/mol. The molecule has 1 atom stereocenters. The number of hydrogen-bond donors (Lipinski definition) is 1. The minimum atomic E-state index is -4.82. The molecular formula is C13H10ClF3O3. The summed E-state index contributed by atoms with van der Waals surface area (Å²) in [7, 11) is 0. The van der Waals surface area contributed by atoms with Gasteiger partial charge in [0, 0.05) is 5.56 Å². The van der Waals surface area contributed by atoms with Crippen molar-refractivity contribution in [2.45, 2.75) is 25.6 Å². The van der Waals surface area contributed by atoms with Crippen LogP contribution in [0.5, 0.6) is 5.75 Å². The first-order valence-electron chi connectivity index (χ1n) is 5.74. The second kappa shape index (κ2) is 5.01. The van der Waals surface area contributed by atoms with Crippen molar-refractivity contribution in [2.75, 3.05) is 0 Å². The number of hydrogen-bond acceptors (Lipinski definition) is 2. The van der Waals surface area contributed by atoms with Gasteiger partial charge in [-0.2, -0.15) is 13.2 Å². The number of benzene rings is 1. The molecule has 0 aromatic heterocycles. The van der Waals surface area contributed by atoms with Crippen LogP contribution in [0.2, 0.25) is 5.02 Å². The number of rotatable bonds is 2. The third-order valence-electron chi connectivity index (χ3n) is 2.91. The number of alkyl halides is 3. The summed E-state index contributed by atoms with van der Waals surface area (Å²) in [5, 5.41) is 8.95. The molecule has 0 aliphatic carbocycles. The summed E-state index contributed by atoms with van der Waals surface area (Å²) < 4.78 is 43.3. The third-order valence-corrected chi connectivity index (χ3v) is 3.19. The van der Waals surface area contributed by atoms with E-state index in [-0.39, 0.29) is 16.3 Å². The Morgan fingerprint density at radius 1 is 1.45 bits per heavy atom. The SMILES string of the molecule is CCc1cc(Cl)c2c(c1)C=C(C(=O)O)C(C(F)(F)F)O2. The molecule has 0 spiro atoms. The molecule has 0 radical (unpaired) electrons. The van der Waals surface area contributed by atoms with E-state index in [2.05, 4.69) is 0 Å². The first kappa shape index (κ1) is 14.7.